The molecule has 0 bridgehead atoms. The first-order valence-corrected chi connectivity index (χ1v) is 9.04. The topological polar surface area (TPSA) is 90.9 Å². The third-order valence-corrected chi connectivity index (χ3v) is 5.01. The quantitative estimate of drug-likeness (QED) is 0.456. The monoisotopic (exact) mass is 364 g/mol. The number of aromatic nitrogens is 3. The molecule has 0 radical (unpaired) electrons. The van der Waals surface area contributed by atoms with Gasteiger partial charge in [-0.1, -0.05) is 0 Å². The molecule has 0 unspecified atom stereocenters. The molecule has 0 saturated carbocycles. The number of hydrogen-bond acceptors (Lipinski definition) is 5. The van der Waals surface area contributed by atoms with E-state index in [2.05, 4.69) is 20.5 Å². The maximum atomic E-state index is 10.7. The second-order valence-electron chi connectivity index (χ2n) is 5.94. The highest BCUT2D eigenvalue weighted by atomic mass is 32.2. The van der Waals surface area contributed by atoms with E-state index in [4.69, 9.17) is 5.11 Å². The Labute approximate surface area is 153 Å². The minimum Gasteiger partial charge on any atom is -0.481 e. The van der Waals surface area contributed by atoms with Crippen LogP contribution < -0.4 is 5.32 Å². The number of fused-ring (bicyclic) bond motifs is 3. The van der Waals surface area contributed by atoms with Crippen LogP contribution in [-0.2, 0) is 4.79 Å². The number of carbonyl (C=O) groups is 1. The summed E-state index contributed by atoms with van der Waals surface area (Å²) in [5.41, 5.74) is 4.65. The molecule has 0 fully saturated rings. The van der Waals surface area contributed by atoms with Crippen LogP contribution in [0.4, 0.5) is 11.4 Å². The second kappa shape index (κ2) is 6.68. The fraction of sp³-hybridized carbons (Fsp3) is 0.105. The number of carboxylic acids is 1. The predicted octanol–water partition coefficient (Wildman–Crippen LogP) is 4.34. The molecule has 6 nitrogen and oxygen atoms in total. The smallest absolute Gasteiger partial charge is 0.313 e. The Morgan fingerprint density at radius 3 is 2.81 bits per heavy atom. The summed E-state index contributed by atoms with van der Waals surface area (Å²) in [6.45, 7) is 1.97. The van der Waals surface area contributed by atoms with Crippen LogP contribution in [0.5, 0.6) is 0 Å². The first-order chi connectivity index (χ1) is 12.6. The summed E-state index contributed by atoms with van der Waals surface area (Å²) in [5, 5.41) is 21.4. The van der Waals surface area contributed by atoms with E-state index in [1.54, 1.807) is 6.20 Å². The van der Waals surface area contributed by atoms with Crippen LogP contribution >= 0.6 is 11.8 Å². The van der Waals surface area contributed by atoms with Crippen LogP contribution in [0.3, 0.4) is 0 Å². The maximum Gasteiger partial charge on any atom is 0.313 e. The molecule has 0 saturated heterocycles. The van der Waals surface area contributed by atoms with E-state index in [9.17, 15) is 4.79 Å². The number of thioether (sulfide) groups is 1. The molecule has 0 aliphatic rings. The number of nitrogens with one attached hydrogen (secondary N) is 2. The first kappa shape index (κ1) is 16.4. The van der Waals surface area contributed by atoms with Gasteiger partial charge in [0.15, 0.2) is 0 Å². The number of benzene rings is 2. The van der Waals surface area contributed by atoms with Gasteiger partial charge in [-0.05, 0) is 49.4 Å². The van der Waals surface area contributed by atoms with E-state index in [0.717, 1.165) is 43.8 Å². The average Bonchev–Trinajstić information content (AvgIpc) is 3.09. The summed E-state index contributed by atoms with van der Waals surface area (Å²) in [6.07, 6.45) is 1.80. The lowest BCUT2D eigenvalue weighted by Crippen LogP contribution is -1.97. The largest absolute Gasteiger partial charge is 0.481 e. The Kier molecular flexibility index (Phi) is 4.22. The Bertz CT molecular complexity index is 1110. The summed E-state index contributed by atoms with van der Waals surface area (Å²) in [7, 11) is 0. The van der Waals surface area contributed by atoms with Crippen molar-refractivity contribution in [2.24, 2.45) is 0 Å². The number of H-pyrrole nitrogens is 1. The van der Waals surface area contributed by atoms with E-state index in [0.29, 0.717) is 0 Å². The van der Waals surface area contributed by atoms with Gasteiger partial charge < -0.3 is 10.4 Å². The SMILES string of the molecule is Cc1cc(Nc2ccc(SCC(=O)O)cc2)c2c(ccc3cn[nH]c32)n1. The molecule has 4 aromatic rings. The van der Waals surface area contributed by atoms with Crippen molar-refractivity contribution in [3.8, 4) is 0 Å². The van der Waals surface area contributed by atoms with E-state index >= 15 is 0 Å². The molecule has 0 atom stereocenters. The molecule has 26 heavy (non-hydrogen) atoms. The van der Waals surface area contributed by atoms with Crippen molar-refractivity contribution in [1.29, 1.82) is 0 Å². The van der Waals surface area contributed by atoms with Crippen LogP contribution in [-0.4, -0.2) is 32.0 Å². The summed E-state index contributed by atoms with van der Waals surface area (Å²) in [6, 6.07) is 13.7. The Hall–Kier alpha value is -3.06. The van der Waals surface area contributed by atoms with Crippen molar-refractivity contribution in [2.45, 2.75) is 11.8 Å². The van der Waals surface area contributed by atoms with Crippen LogP contribution in [0, 0.1) is 6.92 Å². The van der Waals surface area contributed by atoms with Gasteiger partial charge in [0.25, 0.3) is 0 Å². The highest BCUT2D eigenvalue weighted by Crippen LogP contribution is 2.32. The van der Waals surface area contributed by atoms with Gasteiger partial charge in [-0.3, -0.25) is 14.9 Å². The Morgan fingerprint density at radius 2 is 2.04 bits per heavy atom. The summed E-state index contributed by atoms with van der Waals surface area (Å²) in [5.74, 6) is -0.766. The van der Waals surface area contributed by atoms with Gasteiger partial charge in [-0.2, -0.15) is 5.10 Å². The third kappa shape index (κ3) is 3.21. The van der Waals surface area contributed by atoms with Gasteiger partial charge in [0, 0.05) is 27.0 Å². The Balaban J connectivity index is 1.70. The molecule has 0 aliphatic carbocycles. The third-order valence-electron chi connectivity index (χ3n) is 4.01. The first-order valence-electron chi connectivity index (χ1n) is 8.05. The highest BCUT2D eigenvalue weighted by molar-refractivity contribution is 8.00. The second-order valence-corrected chi connectivity index (χ2v) is 6.99. The van der Waals surface area contributed by atoms with Gasteiger partial charge in [-0.25, -0.2) is 0 Å². The van der Waals surface area contributed by atoms with Gasteiger partial charge in [0.2, 0.25) is 0 Å². The van der Waals surface area contributed by atoms with E-state index in [1.165, 1.54) is 11.8 Å². The number of rotatable bonds is 5. The zero-order chi connectivity index (χ0) is 18.1. The van der Waals surface area contributed by atoms with E-state index < -0.39 is 5.97 Å². The minimum absolute atomic E-state index is 0.0543. The molecule has 0 amide bonds. The van der Waals surface area contributed by atoms with Gasteiger partial charge >= 0.3 is 5.97 Å². The number of aliphatic carboxylic acids is 1. The summed E-state index contributed by atoms with van der Waals surface area (Å²) >= 11 is 1.30. The number of hydrogen-bond donors (Lipinski definition) is 3. The van der Waals surface area contributed by atoms with E-state index in [1.807, 2.05) is 49.4 Å². The van der Waals surface area contributed by atoms with Crippen LogP contribution in [0.1, 0.15) is 5.69 Å². The highest BCUT2D eigenvalue weighted by Gasteiger charge is 2.10. The molecule has 0 aliphatic heterocycles. The summed E-state index contributed by atoms with van der Waals surface area (Å²) < 4.78 is 0. The maximum absolute atomic E-state index is 10.7. The fourth-order valence-corrected chi connectivity index (χ4v) is 3.52. The zero-order valence-corrected chi connectivity index (χ0v) is 14.8. The predicted molar refractivity (Wildman–Crippen MR) is 104 cm³/mol. The molecule has 3 N–H and O–H groups in total. The van der Waals surface area contributed by atoms with Crippen molar-refractivity contribution < 1.29 is 9.90 Å². The lowest BCUT2D eigenvalue weighted by Gasteiger charge is -2.12. The normalized spacial score (nSPS) is 11.1. The molecule has 0 spiro atoms. The lowest BCUT2D eigenvalue weighted by atomic mass is 10.1. The number of nitrogens with zero attached hydrogens (tertiary/aromatic N) is 2. The Morgan fingerprint density at radius 1 is 1.23 bits per heavy atom. The molecule has 4 rings (SSSR count). The van der Waals surface area contributed by atoms with Crippen molar-refractivity contribution in [2.75, 3.05) is 11.1 Å². The van der Waals surface area contributed by atoms with E-state index in [-0.39, 0.29) is 5.75 Å². The zero-order valence-electron chi connectivity index (χ0n) is 14.0. The van der Waals surface area contributed by atoms with Crippen molar-refractivity contribution in [3.63, 3.8) is 0 Å². The molecule has 2 aromatic heterocycles. The van der Waals surface area contributed by atoms with Crippen LogP contribution in [0.15, 0.2) is 53.6 Å². The number of carboxylic acid groups (broad SMARTS) is 1. The number of pyridine rings is 1. The molecule has 130 valence electrons. The standard InChI is InChI=1S/C19H16N4O2S/c1-11-8-16(18-15(21-11)7-2-12-9-20-23-19(12)18)22-13-3-5-14(6-4-13)26-10-17(24)25/h2-9H,10H2,1H3,(H,20,23)(H,21,22)(H,24,25). The molecular weight excluding hydrogens is 348 g/mol. The average molecular weight is 364 g/mol. The van der Waals surface area contributed by atoms with Crippen molar-refractivity contribution in [1.82, 2.24) is 15.2 Å². The molecule has 2 heterocycles. The molecule has 2 aromatic carbocycles. The summed E-state index contributed by atoms with van der Waals surface area (Å²) in [4.78, 5) is 16.2. The lowest BCUT2D eigenvalue weighted by molar-refractivity contribution is -0.133. The van der Waals surface area contributed by atoms with Crippen LogP contribution in [0.25, 0.3) is 21.8 Å². The molecule has 7 heteroatoms. The van der Waals surface area contributed by atoms with Crippen LogP contribution in [0.2, 0.25) is 0 Å². The van der Waals surface area contributed by atoms with Gasteiger partial charge in [0.1, 0.15) is 0 Å². The van der Waals surface area contributed by atoms with Crippen molar-refractivity contribution >= 4 is 50.9 Å². The number of aromatic amines is 1. The molecular formula is C19H16N4O2S. The fourth-order valence-electron chi connectivity index (χ4n) is 2.90. The number of anilines is 2. The minimum atomic E-state index is -0.820. The van der Waals surface area contributed by atoms with Gasteiger partial charge in [-0.15, -0.1) is 11.8 Å². The number of aryl methyl sites for hydroxylation is 1. The van der Waals surface area contributed by atoms with Gasteiger partial charge in [0.05, 0.1) is 28.7 Å². The van der Waals surface area contributed by atoms with Crippen molar-refractivity contribution in [3.05, 3.63) is 54.4 Å².